The van der Waals surface area contributed by atoms with Gasteiger partial charge in [0.05, 0.1) is 12.2 Å². The van der Waals surface area contributed by atoms with Crippen molar-refractivity contribution in [1.82, 2.24) is 15.6 Å². The van der Waals surface area contributed by atoms with Crippen LogP contribution in [0.3, 0.4) is 0 Å². The number of amides is 2. The molecule has 0 spiro atoms. The Labute approximate surface area is 105 Å². The predicted molar refractivity (Wildman–Crippen MR) is 67.7 cm³/mol. The summed E-state index contributed by atoms with van der Waals surface area (Å²) in [4.78, 5) is 26.8. The lowest BCUT2D eigenvalue weighted by Crippen LogP contribution is -2.37. The molecule has 0 atom stereocenters. The summed E-state index contributed by atoms with van der Waals surface area (Å²) in [6.07, 6.45) is 2.31. The fraction of sp³-hybridized carbons (Fsp3) is 0.364. The van der Waals surface area contributed by atoms with Gasteiger partial charge in [-0.1, -0.05) is 6.92 Å². The van der Waals surface area contributed by atoms with Gasteiger partial charge in [0, 0.05) is 12.7 Å². The average molecular weight is 251 g/mol. The Morgan fingerprint density at radius 3 is 2.83 bits per heavy atom. The first-order valence-corrected chi connectivity index (χ1v) is 5.65. The number of aromatic nitrogens is 1. The van der Waals surface area contributed by atoms with Crippen LogP contribution < -0.4 is 21.9 Å². The molecule has 7 nitrogen and oxygen atoms in total. The fourth-order valence-electron chi connectivity index (χ4n) is 1.22. The van der Waals surface area contributed by atoms with Crippen LogP contribution in [-0.2, 0) is 4.79 Å². The molecule has 1 aromatic rings. The number of hydrogen-bond acceptors (Lipinski definition) is 5. The second kappa shape index (κ2) is 7.23. The summed E-state index contributed by atoms with van der Waals surface area (Å²) in [6.45, 7) is 2.48. The largest absolute Gasteiger partial charge is 0.355 e. The zero-order valence-corrected chi connectivity index (χ0v) is 10.2. The Kier molecular flexibility index (Phi) is 5.59. The van der Waals surface area contributed by atoms with Crippen molar-refractivity contribution in [1.29, 1.82) is 0 Å². The number of nitrogens with one attached hydrogen (secondary N) is 3. The molecule has 0 aliphatic carbocycles. The molecular weight excluding hydrogens is 234 g/mol. The van der Waals surface area contributed by atoms with Crippen LogP contribution in [0.5, 0.6) is 0 Å². The lowest BCUT2D eigenvalue weighted by atomic mass is 10.3. The van der Waals surface area contributed by atoms with Gasteiger partial charge >= 0.3 is 0 Å². The lowest BCUT2D eigenvalue weighted by Gasteiger charge is -2.06. The van der Waals surface area contributed by atoms with Gasteiger partial charge in [0.2, 0.25) is 5.91 Å². The highest BCUT2D eigenvalue weighted by molar-refractivity contribution is 5.95. The molecule has 5 N–H and O–H groups in total. The van der Waals surface area contributed by atoms with Crippen LogP contribution in [0.1, 0.15) is 23.8 Å². The maximum Gasteiger partial charge on any atom is 0.270 e. The summed E-state index contributed by atoms with van der Waals surface area (Å²) in [5.41, 5.74) is 3.19. The predicted octanol–water partition coefficient (Wildman–Crippen LogP) is -0.377. The molecule has 7 heteroatoms. The minimum Gasteiger partial charge on any atom is -0.355 e. The number of rotatable bonds is 6. The van der Waals surface area contributed by atoms with Crippen molar-refractivity contribution in [2.75, 3.05) is 18.5 Å². The summed E-state index contributed by atoms with van der Waals surface area (Å²) in [5, 5.41) is 5.13. The van der Waals surface area contributed by atoms with Gasteiger partial charge in [0.1, 0.15) is 5.69 Å². The van der Waals surface area contributed by atoms with E-state index in [9.17, 15) is 9.59 Å². The standard InChI is InChI=1S/C11H17N5O2/c1-2-4-14-10(17)7-15-11(18)9-6-8(16-12)3-5-13-9/h3,5-6H,2,4,7,12H2,1H3,(H,13,16)(H,14,17)(H,15,18). The van der Waals surface area contributed by atoms with Gasteiger partial charge in [0.25, 0.3) is 5.91 Å². The van der Waals surface area contributed by atoms with E-state index in [4.69, 9.17) is 5.84 Å². The van der Waals surface area contributed by atoms with Crippen molar-refractivity contribution in [3.63, 3.8) is 0 Å². The molecule has 0 fully saturated rings. The Morgan fingerprint density at radius 1 is 1.39 bits per heavy atom. The topological polar surface area (TPSA) is 109 Å². The molecule has 1 heterocycles. The Balaban J connectivity index is 2.47. The summed E-state index contributed by atoms with van der Waals surface area (Å²) < 4.78 is 0. The Morgan fingerprint density at radius 2 is 2.17 bits per heavy atom. The molecule has 1 aromatic heterocycles. The monoisotopic (exact) mass is 251 g/mol. The summed E-state index contributed by atoms with van der Waals surface area (Å²) in [7, 11) is 0. The maximum atomic E-state index is 11.7. The third-order valence-corrected chi connectivity index (χ3v) is 2.14. The van der Waals surface area contributed by atoms with E-state index < -0.39 is 5.91 Å². The van der Waals surface area contributed by atoms with E-state index in [0.717, 1.165) is 6.42 Å². The average Bonchev–Trinajstić information content (AvgIpc) is 2.42. The van der Waals surface area contributed by atoms with Crippen LogP contribution >= 0.6 is 0 Å². The zero-order chi connectivity index (χ0) is 13.4. The third-order valence-electron chi connectivity index (χ3n) is 2.14. The van der Waals surface area contributed by atoms with Gasteiger partial charge in [-0.15, -0.1) is 0 Å². The molecule has 0 aliphatic heterocycles. The normalized spacial score (nSPS) is 9.67. The number of hydrazine groups is 1. The molecule has 0 aromatic carbocycles. The fourth-order valence-corrected chi connectivity index (χ4v) is 1.22. The third kappa shape index (κ3) is 4.38. The minimum absolute atomic E-state index is 0.0687. The van der Waals surface area contributed by atoms with Crippen LogP contribution in [0.2, 0.25) is 0 Å². The van der Waals surface area contributed by atoms with Crippen molar-refractivity contribution in [2.24, 2.45) is 5.84 Å². The van der Waals surface area contributed by atoms with E-state index in [-0.39, 0.29) is 18.1 Å². The van der Waals surface area contributed by atoms with E-state index in [2.05, 4.69) is 21.0 Å². The van der Waals surface area contributed by atoms with E-state index in [0.29, 0.717) is 12.2 Å². The van der Waals surface area contributed by atoms with Crippen molar-refractivity contribution < 1.29 is 9.59 Å². The van der Waals surface area contributed by atoms with E-state index >= 15 is 0 Å². The summed E-state index contributed by atoms with van der Waals surface area (Å²) in [5.74, 6) is 4.58. The molecule has 0 bridgehead atoms. The first-order valence-electron chi connectivity index (χ1n) is 5.65. The number of nitrogen functional groups attached to an aromatic ring is 1. The molecule has 2 amide bonds. The summed E-state index contributed by atoms with van der Waals surface area (Å²) >= 11 is 0. The van der Waals surface area contributed by atoms with Crippen LogP contribution in [0, 0.1) is 0 Å². The molecule has 1 rings (SSSR count). The second-order valence-corrected chi connectivity index (χ2v) is 3.61. The molecule has 0 saturated carbocycles. The number of hydrogen-bond donors (Lipinski definition) is 4. The van der Waals surface area contributed by atoms with Gasteiger partial charge in [-0.25, -0.2) is 0 Å². The molecule has 98 valence electrons. The second-order valence-electron chi connectivity index (χ2n) is 3.61. The van der Waals surface area contributed by atoms with Gasteiger partial charge in [-0.2, -0.15) is 0 Å². The molecule has 0 unspecified atom stereocenters. The Bertz CT molecular complexity index is 422. The SMILES string of the molecule is CCCNC(=O)CNC(=O)c1cc(NN)ccn1. The number of carbonyl (C=O) groups is 2. The zero-order valence-electron chi connectivity index (χ0n) is 10.2. The first-order chi connectivity index (χ1) is 8.67. The quantitative estimate of drug-likeness (QED) is 0.407. The first kappa shape index (κ1) is 13.9. The molecule has 0 saturated heterocycles. The van der Waals surface area contributed by atoms with E-state index in [1.54, 1.807) is 6.07 Å². The highest BCUT2D eigenvalue weighted by atomic mass is 16.2. The molecule has 0 aliphatic rings. The van der Waals surface area contributed by atoms with Crippen molar-refractivity contribution in [3.05, 3.63) is 24.0 Å². The van der Waals surface area contributed by atoms with Crippen molar-refractivity contribution in [2.45, 2.75) is 13.3 Å². The minimum atomic E-state index is -0.418. The number of nitrogens with zero attached hydrogens (tertiary/aromatic N) is 1. The van der Waals surface area contributed by atoms with Gasteiger partial charge in [-0.3, -0.25) is 20.4 Å². The smallest absolute Gasteiger partial charge is 0.270 e. The Hall–Kier alpha value is -2.15. The highest BCUT2D eigenvalue weighted by Gasteiger charge is 2.09. The van der Waals surface area contributed by atoms with Gasteiger partial charge in [-0.05, 0) is 18.6 Å². The summed E-state index contributed by atoms with van der Waals surface area (Å²) in [6, 6.07) is 3.13. The lowest BCUT2D eigenvalue weighted by molar-refractivity contribution is -0.120. The maximum absolute atomic E-state index is 11.7. The van der Waals surface area contributed by atoms with Crippen LogP contribution in [-0.4, -0.2) is 29.9 Å². The number of pyridine rings is 1. The van der Waals surface area contributed by atoms with Crippen molar-refractivity contribution in [3.8, 4) is 0 Å². The van der Waals surface area contributed by atoms with E-state index in [1.165, 1.54) is 12.3 Å². The van der Waals surface area contributed by atoms with Crippen molar-refractivity contribution >= 4 is 17.5 Å². The molecule has 18 heavy (non-hydrogen) atoms. The number of anilines is 1. The number of nitrogens with two attached hydrogens (primary N) is 1. The van der Waals surface area contributed by atoms with Gasteiger partial charge < -0.3 is 16.1 Å². The van der Waals surface area contributed by atoms with Gasteiger partial charge in [0.15, 0.2) is 0 Å². The molecular formula is C11H17N5O2. The number of carbonyl (C=O) groups excluding carboxylic acids is 2. The molecule has 0 radical (unpaired) electrons. The van der Waals surface area contributed by atoms with Crippen LogP contribution in [0.15, 0.2) is 18.3 Å². The van der Waals surface area contributed by atoms with Crippen LogP contribution in [0.25, 0.3) is 0 Å². The van der Waals surface area contributed by atoms with E-state index in [1.807, 2.05) is 6.92 Å². The van der Waals surface area contributed by atoms with Crippen LogP contribution in [0.4, 0.5) is 5.69 Å². The highest BCUT2D eigenvalue weighted by Crippen LogP contribution is 2.05.